The first-order valence-electron chi connectivity index (χ1n) is 10.4. The van der Waals surface area contributed by atoms with Crippen molar-refractivity contribution < 1.29 is 13.9 Å². The molecule has 2 aromatic heterocycles. The number of imidazole rings is 1. The number of nitrogens with zero attached hydrogens (tertiary/aromatic N) is 4. The second-order valence-electron chi connectivity index (χ2n) is 7.37. The van der Waals surface area contributed by atoms with Gasteiger partial charge in [0.1, 0.15) is 23.5 Å². The highest BCUT2D eigenvalue weighted by atomic mass is 19.1. The number of pyridine rings is 1. The van der Waals surface area contributed by atoms with E-state index in [-0.39, 0.29) is 18.1 Å². The van der Waals surface area contributed by atoms with Crippen LogP contribution in [0.5, 0.6) is 11.6 Å². The monoisotopic (exact) mass is 432 g/mol. The van der Waals surface area contributed by atoms with Crippen LogP contribution in [0.3, 0.4) is 0 Å². The van der Waals surface area contributed by atoms with Gasteiger partial charge in [-0.2, -0.15) is 5.26 Å². The third-order valence-corrected chi connectivity index (χ3v) is 5.51. The molecule has 4 heterocycles. The predicted molar refractivity (Wildman–Crippen MR) is 114 cm³/mol. The van der Waals surface area contributed by atoms with Gasteiger partial charge in [0, 0.05) is 53.8 Å². The van der Waals surface area contributed by atoms with Gasteiger partial charge in [0.25, 0.3) is 0 Å². The van der Waals surface area contributed by atoms with E-state index in [0.29, 0.717) is 36.9 Å². The molecule has 2 aliphatic rings. The van der Waals surface area contributed by atoms with Crippen molar-refractivity contribution in [1.82, 2.24) is 25.2 Å². The number of halogens is 1. The van der Waals surface area contributed by atoms with E-state index in [4.69, 9.17) is 9.47 Å². The molecule has 8 nitrogen and oxygen atoms in total. The smallest absolute Gasteiger partial charge is 0.221 e. The molecule has 0 saturated carbocycles. The maximum absolute atomic E-state index is 14.5. The molecular weight excluding hydrogens is 411 g/mol. The van der Waals surface area contributed by atoms with Crippen LogP contribution in [-0.2, 0) is 13.0 Å². The van der Waals surface area contributed by atoms with Gasteiger partial charge in [0.05, 0.1) is 13.2 Å². The summed E-state index contributed by atoms with van der Waals surface area (Å²) in [4.78, 5) is 8.80. The average molecular weight is 432 g/mol. The summed E-state index contributed by atoms with van der Waals surface area (Å²) in [5.41, 5.74) is 3.28. The normalized spacial score (nSPS) is 16.3. The van der Waals surface area contributed by atoms with Crippen molar-refractivity contribution in [2.24, 2.45) is 0 Å². The lowest BCUT2D eigenvalue weighted by atomic mass is 10.0. The number of benzene rings is 1. The van der Waals surface area contributed by atoms with Crippen molar-refractivity contribution in [2.75, 3.05) is 13.2 Å². The summed E-state index contributed by atoms with van der Waals surface area (Å²) >= 11 is 0. The molecule has 0 amide bonds. The van der Waals surface area contributed by atoms with Gasteiger partial charge in [-0.1, -0.05) is 0 Å². The van der Waals surface area contributed by atoms with Crippen molar-refractivity contribution in [3.05, 3.63) is 76.9 Å². The van der Waals surface area contributed by atoms with Crippen LogP contribution in [0.25, 0.3) is 5.57 Å². The Balaban J connectivity index is 1.46. The van der Waals surface area contributed by atoms with E-state index in [9.17, 15) is 9.65 Å². The molecule has 0 radical (unpaired) electrons. The molecule has 1 atom stereocenters. The Morgan fingerprint density at radius 1 is 1.41 bits per heavy atom. The number of hydrogen-bond acceptors (Lipinski definition) is 7. The van der Waals surface area contributed by atoms with Crippen molar-refractivity contribution >= 4 is 5.57 Å². The zero-order chi connectivity index (χ0) is 22.1. The van der Waals surface area contributed by atoms with Crippen LogP contribution >= 0.6 is 0 Å². The molecular formula is C23H21FN6O2. The average Bonchev–Trinajstić information content (AvgIpc) is 3.46. The molecule has 162 valence electrons. The predicted octanol–water partition coefficient (Wildman–Crippen LogP) is 2.86. The highest BCUT2D eigenvalue weighted by Crippen LogP contribution is 2.33. The lowest BCUT2D eigenvalue weighted by molar-refractivity contribution is 0.325. The lowest BCUT2D eigenvalue weighted by Gasteiger charge is -2.28. The van der Waals surface area contributed by atoms with Crippen molar-refractivity contribution in [3.63, 3.8) is 0 Å². The Labute approximate surface area is 184 Å². The van der Waals surface area contributed by atoms with Gasteiger partial charge in [0.15, 0.2) is 12.0 Å². The Bertz CT molecular complexity index is 1250. The van der Waals surface area contributed by atoms with Gasteiger partial charge in [0.2, 0.25) is 5.88 Å². The Morgan fingerprint density at radius 2 is 2.31 bits per heavy atom. The maximum atomic E-state index is 14.5. The summed E-state index contributed by atoms with van der Waals surface area (Å²) < 4.78 is 27.6. The van der Waals surface area contributed by atoms with E-state index in [1.165, 1.54) is 6.07 Å². The second-order valence-corrected chi connectivity index (χ2v) is 7.37. The molecule has 2 aliphatic heterocycles. The zero-order valence-electron chi connectivity index (χ0n) is 17.4. The minimum Gasteiger partial charge on any atom is -0.493 e. The summed E-state index contributed by atoms with van der Waals surface area (Å²) in [6.07, 6.45) is 5.41. The van der Waals surface area contributed by atoms with Gasteiger partial charge < -0.3 is 14.8 Å². The van der Waals surface area contributed by atoms with Crippen molar-refractivity contribution in [1.29, 1.82) is 5.26 Å². The fourth-order valence-electron chi connectivity index (χ4n) is 4.06. The van der Waals surface area contributed by atoms with Gasteiger partial charge in [-0.05, 0) is 31.2 Å². The number of rotatable bonds is 6. The topological polar surface area (TPSA) is 97.0 Å². The molecule has 32 heavy (non-hydrogen) atoms. The molecule has 0 aliphatic carbocycles. The highest BCUT2D eigenvalue weighted by molar-refractivity contribution is 5.79. The van der Waals surface area contributed by atoms with Crippen LogP contribution in [0, 0.1) is 17.1 Å². The van der Waals surface area contributed by atoms with Crippen LogP contribution in [0.4, 0.5) is 4.39 Å². The van der Waals surface area contributed by atoms with E-state index < -0.39 is 6.29 Å². The summed E-state index contributed by atoms with van der Waals surface area (Å²) in [6, 6.07) is 8.92. The molecule has 0 fully saturated rings. The van der Waals surface area contributed by atoms with Crippen LogP contribution in [0.1, 0.15) is 41.4 Å². The summed E-state index contributed by atoms with van der Waals surface area (Å²) in [5.74, 6) is 1.55. The summed E-state index contributed by atoms with van der Waals surface area (Å²) in [6.45, 7) is 3.22. The first-order chi connectivity index (χ1) is 15.7. The van der Waals surface area contributed by atoms with Crippen LogP contribution in [0.15, 0.2) is 42.9 Å². The maximum Gasteiger partial charge on any atom is 0.221 e. The minimum absolute atomic E-state index is 0.269. The van der Waals surface area contributed by atoms with Crippen LogP contribution in [-0.4, -0.2) is 27.7 Å². The molecule has 1 aromatic carbocycles. The van der Waals surface area contributed by atoms with Crippen molar-refractivity contribution in [2.45, 2.75) is 26.2 Å². The number of nitrogens with one attached hydrogen (secondary N) is 2. The van der Waals surface area contributed by atoms with Gasteiger partial charge in [-0.25, -0.2) is 14.4 Å². The number of aromatic nitrogens is 3. The number of ether oxygens (including phenoxy) is 2. The molecule has 9 heteroatoms. The largest absolute Gasteiger partial charge is 0.493 e. The van der Waals surface area contributed by atoms with E-state index in [1.807, 2.05) is 29.8 Å². The van der Waals surface area contributed by atoms with Gasteiger partial charge in [-0.15, -0.1) is 0 Å². The third-order valence-electron chi connectivity index (χ3n) is 5.51. The van der Waals surface area contributed by atoms with E-state index >= 15 is 0 Å². The quantitative estimate of drug-likeness (QED) is 0.618. The van der Waals surface area contributed by atoms with Gasteiger partial charge >= 0.3 is 0 Å². The highest BCUT2D eigenvalue weighted by Gasteiger charge is 2.27. The standard InChI is InChI=1S/C23H21FN6O2/c1-2-31-22-16(4-3-8-26-22)18-12-28-23(30-13-14(10-25)29-21(18)30)27-11-17-15-7-9-32-20(15)6-5-19(17)24/h3-6,8,12-13,23,27-28H,2,7,9,11H2,1H3. The number of fused-ring (bicyclic) bond motifs is 2. The van der Waals surface area contributed by atoms with Crippen LogP contribution < -0.4 is 20.1 Å². The number of nitriles is 1. The lowest BCUT2D eigenvalue weighted by Crippen LogP contribution is -2.39. The minimum atomic E-state index is -0.423. The molecule has 5 rings (SSSR count). The van der Waals surface area contributed by atoms with Crippen LogP contribution in [0.2, 0.25) is 0 Å². The Morgan fingerprint density at radius 3 is 3.16 bits per heavy atom. The molecule has 0 bridgehead atoms. The van der Waals surface area contributed by atoms with Gasteiger partial charge in [-0.3, -0.25) is 9.88 Å². The number of hydrogen-bond donors (Lipinski definition) is 2. The van der Waals surface area contributed by atoms with E-state index in [2.05, 4.69) is 26.7 Å². The fourth-order valence-corrected chi connectivity index (χ4v) is 4.06. The molecule has 1 unspecified atom stereocenters. The summed E-state index contributed by atoms with van der Waals surface area (Å²) in [5, 5.41) is 16.1. The third kappa shape index (κ3) is 3.44. The first kappa shape index (κ1) is 20.0. The van der Waals surface area contributed by atoms with Crippen molar-refractivity contribution in [3.8, 4) is 17.7 Å². The Kier molecular flexibility index (Phi) is 5.21. The zero-order valence-corrected chi connectivity index (χ0v) is 17.4. The molecule has 0 spiro atoms. The SMILES string of the molecule is CCOc1ncccc1C1=CNC(NCc2c(F)ccc3c2CCO3)n2cc(C#N)nc21. The molecule has 3 aromatic rings. The van der Waals surface area contributed by atoms with E-state index in [1.54, 1.807) is 18.5 Å². The molecule has 2 N–H and O–H groups in total. The first-order valence-corrected chi connectivity index (χ1v) is 10.4. The fraction of sp³-hybridized carbons (Fsp3) is 0.261. The Hall–Kier alpha value is -3.90. The molecule has 0 saturated heterocycles. The summed E-state index contributed by atoms with van der Waals surface area (Å²) in [7, 11) is 0. The van der Waals surface area contributed by atoms with E-state index in [0.717, 1.165) is 22.4 Å². The second kappa shape index (κ2) is 8.32.